The maximum absolute atomic E-state index is 13.5. The molecule has 0 saturated heterocycles. The summed E-state index contributed by atoms with van der Waals surface area (Å²) in [5, 5.41) is 8.69. The van der Waals surface area contributed by atoms with Crippen LogP contribution in [0.25, 0.3) is 44.2 Å². The largest absolute Gasteiger partial charge is 0.298 e. The second-order valence-electron chi connectivity index (χ2n) is 8.46. The minimum atomic E-state index is -0.198. The highest BCUT2D eigenvalue weighted by atomic mass is 32.1. The molecule has 6 rings (SSSR count). The molecule has 0 radical (unpaired) electrons. The van der Waals surface area contributed by atoms with E-state index in [1.165, 1.54) is 11.3 Å². The van der Waals surface area contributed by atoms with Crippen molar-refractivity contribution in [2.75, 3.05) is 5.32 Å². The Bertz CT molecular complexity index is 1710. The summed E-state index contributed by atoms with van der Waals surface area (Å²) in [5.74, 6) is -0.198. The first-order valence-electron chi connectivity index (χ1n) is 11.4. The van der Waals surface area contributed by atoms with E-state index in [4.69, 9.17) is 9.97 Å². The number of thiazole rings is 1. The Morgan fingerprint density at radius 2 is 1.54 bits per heavy atom. The van der Waals surface area contributed by atoms with Gasteiger partial charge in [0.2, 0.25) is 0 Å². The predicted octanol–water partition coefficient (Wildman–Crippen LogP) is 7.74. The number of hydrogen-bond donors (Lipinski definition) is 1. The van der Waals surface area contributed by atoms with Crippen molar-refractivity contribution in [3.63, 3.8) is 0 Å². The van der Waals surface area contributed by atoms with Gasteiger partial charge in [-0.1, -0.05) is 84.4 Å². The van der Waals surface area contributed by atoms with Gasteiger partial charge in [-0.25, -0.2) is 9.97 Å². The van der Waals surface area contributed by atoms with E-state index < -0.39 is 0 Å². The normalized spacial score (nSPS) is 11.1. The molecule has 0 aliphatic heterocycles. The zero-order chi connectivity index (χ0) is 23.8. The van der Waals surface area contributed by atoms with Crippen LogP contribution >= 0.6 is 11.3 Å². The van der Waals surface area contributed by atoms with Gasteiger partial charge in [0.25, 0.3) is 5.91 Å². The van der Waals surface area contributed by atoms with Crippen LogP contribution in [-0.4, -0.2) is 15.9 Å². The lowest BCUT2D eigenvalue weighted by molar-refractivity contribution is 0.102. The third-order valence-corrected chi connectivity index (χ3v) is 6.82. The van der Waals surface area contributed by atoms with Crippen LogP contribution in [0.2, 0.25) is 0 Å². The average molecular weight is 472 g/mol. The summed E-state index contributed by atoms with van der Waals surface area (Å²) in [5.41, 5.74) is 6.16. The fourth-order valence-corrected chi connectivity index (χ4v) is 5.09. The Morgan fingerprint density at radius 3 is 2.43 bits per heavy atom. The number of amides is 1. The third-order valence-electron chi connectivity index (χ3n) is 6.06. The lowest BCUT2D eigenvalue weighted by atomic mass is 10.0. The van der Waals surface area contributed by atoms with E-state index in [1.807, 2.05) is 79.0 Å². The van der Waals surface area contributed by atoms with Crippen LogP contribution in [0.4, 0.5) is 5.13 Å². The molecule has 1 N–H and O–H groups in total. The number of rotatable bonds is 4. The van der Waals surface area contributed by atoms with Crippen molar-refractivity contribution in [1.82, 2.24) is 9.97 Å². The zero-order valence-electron chi connectivity index (χ0n) is 19.0. The highest BCUT2D eigenvalue weighted by Gasteiger charge is 2.16. The highest BCUT2D eigenvalue weighted by Crippen LogP contribution is 2.32. The topological polar surface area (TPSA) is 54.9 Å². The molecule has 4 aromatic carbocycles. The number of nitrogens with zero attached hydrogens (tertiary/aromatic N) is 2. The Kier molecular flexibility index (Phi) is 5.32. The molecule has 2 heterocycles. The first kappa shape index (κ1) is 21.2. The number of aromatic nitrogens is 2. The molecule has 1 amide bonds. The van der Waals surface area contributed by atoms with E-state index in [9.17, 15) is 4.79 Å². The van der Waals surface area contributed by atoms with E-state index in [0.717, 1.165) is 49.8 Å². The molecule has 35 heavy (non-hydrogen) atoms. The second kappa shape index (κ2) is 8.78. The molecule has 0 spiro atoms. The molecule has 0 atom stereocenters. The van der Waals surface area contributed by atoms with Crippen LogP contribution in [-0.2, 0) is 0 Å². The molecule has 0 aliphatic rings. The van der Waals surface area contributed by atoms with Gasteiger partial charge in [-0.15, -0.1) is 11.3 Å². The van der Waals surface area contributed by atoms with E-state index >= 15 is 0 Å². The van der Waals surface area contributed by atoms with Crippen molar-refractivity contribution >= 4 is 44.1 Å². The molecule has 0 saturated carbocycles. The average Bonchev–Trinajstić information content (AvgIpc) is 3.36. The van der Waals surface area contributed by atoms with Crippen LogP contribution in [0.1, 0.15) is 15.9 Å². The number of fused-ring (bicyclic) bond motifs is 2. The number of carbonyl (C=O) groups excluding carboxylic acids is 1. The third kappa shape index (κ3) is 4.07. The molecule has 0 bridgehead atoms. The molecule has 2 aromatic heterocycles. The van der Waals surface area contributed by atoms with Gasteiger partial charge in [-0.2, -0.15) is 0 Å². The van der Waals surface area contributed by atoms with Gasteiger partial charge < -0.3 is 0 Å². The van der Waals surface area contributed by atoms with Crippen LogP contribution in [0.3, 0.4) is 0 Å². The van der Waals surface area contributed by atoms with E-state index in [1.54, 1.807) is 0 Å². The fraction of sp³-hybridized carbons (Fsp3) is 0.0333. The molecular formula is C30H21N3OS. The molecule has 168 valence electrons. The Morgan fingerprint density at radius 1 is 0.771 bits per heavy atom. The van der Waals surface area contributed by atoms with Gasteiger partial charge in [-0.3, -0.25) is 10.1 Å². The van der Waals surface area contributed by atoms with Gasteiger partial charge in [0.1, 0.15) is 0 Å². The molecular weight excluding hydrogens is 450 g/mol. The quantitative estimate of drug-likeness (QED) is 0.286. The monoisotopic (exact) mass is 471 g/mol. The molecule has 0 aliphatic carbocycles. The first-order valence-corrected chi connectivity index (χ1v) is 12.3. The number of carbonyl (C=O) groups is 1. The number of anilines is 1. The number of benzene rings is 4. The Balaban J connectivity index is 1.37. The zero-order valence-corrected chi connectivity index (χ0v) is 19.8. The van der Waals surface area contributed by atoms with Gasteiger partial charge >= 0.3 is 0 Å². The van der Waals surface area contributed by atoms with Crippen LogP contribution in [0.15, 0.2) is 102 Å². The van der Waals surface area contributed by atoms with Crippen molar-refractivity contribution < 1.29 is 4.79 Å². The van der Waals surface area contributed by atoms with Crippen molar-refractivity contribution in [2.45, 2.75) is 6.92 Å². The van der Waals surface area contributed by atoms with E-state index in [2.05, 4.69) is 35.6 Å². The number of hydrogen-bond acceptors (Lipinski definition) is 4. The summed E-state index contributed by atoms with van der Waals surface area (Å²) in [7, 11) is 0. The predicted molar refractivity (Wildman–Crippen MR) is 145 cm³/mol. The Hall–Kier alpha value is -4.35. The van der Waals surface area contributed by atoms with Crippen molar-refractivity contribution in [1.29, 1.82) is 0 Å². The summed E-state index contributed by atoms with van der Waals surface area (Å²) >= 11 is 1.43. The van der Waals surface area contributed by atoms with Crippen LogP contribution < -0.4 is 5.32 Å². The van der Waals surface area contributed by atoms with Gasteiger partial charge in [0.15, 0.2) is 5.13 Å². The lowest BCUT2D eigenvalue weighted by Gasteiger charge is -2.10. The number of para-hydroxylation sites is 1. The Labute approximate surface area is 206 Å². The molecule has 0 unspecified atom stereocenters. The number of nitrogens with one attached hydrogen (secondary N) is 1. The maximum Gasteiger partial charge on any atom is 0.258 e. The minimum Gasteiger partial charge on any atom is -0.298 e. The molecule has 4 nitrogen and oxygen atoms in total. The molecule has 5 heteroatoms. The fourth-order valence-electron chi connectivity index (χ4n) is 4.38. The smallest absolute Gasteiger partial charge is 0.258 e. The van der Waals surface area contributed by atoms with Gasteiger partial charge in [0.05, 0.1) is 22.5 Å². The van der Waals surface area contributed by atoms with Crippen molar-refractivity contribution in [3.8, 4) is 22.5 Å². The number of pyridine rings is 1. The second-order valence-corrected chi connectivity index (χ2v) is 9.32. The SMILES string of the molecule is Cc1cccc(-c2cc(C(=O)Nc3nc(-c4cccc5ccccc45)cs3)c3ccccc3n2)c1. The van der Waals surface area contributed by atoms with E-state index in [-0.39, 0.29) is 5.91 Å². The summed E-state index contributed by atoms with van der Waals surface area (Å²) < 4.78 is 0. The standard InChI is InChI=1S/C30H21N3OS/c1-19-8-6-11-21(16-19)27-17-25(24-13-4-5-15-26(24)31-27)29(34)33-30-32-28(18-35-30)23-14-7-10-20-9-2-3-12-22(20)23/h2-18H,1H3,(H,32,33,34). The highest BCUT2D eigenvalue weighted by molar-refractivity contribution is 7.14. The minimum absolute atomic E-state index is 0.198. The number of aryl methyl sites for hydroxylation is 1. The van der Waals surface area contributed by atoms with Gasteiger partial charge in [0, 0.05) is 21.9 Å². The van der Waals surface area contributed by atoms with E-state index in [0.29, 0.717) is 10.7 Å². The van der Waals surface area contributed by atoms with Crippen molar-refractivity contribution in [3.05, 3.63) is 114 Å². The summed E-state index contributed by atoms with van der Waals surface area (Å²) in [6, 6.07) is 32.2. The lowest BCUT2D eigenvalue weighted by Crippen LogP contribution is -2.13. The van der Waals surface area contributed by atoms with Crippen LogP contribution in [0, 0.1) is 6.92 Å². The molecule has 0 fully saturated rings. The summed E-state index contributed by atoms with van der Waals surface area (Å²) in [4.78, 5) is 23.0. The van der Waals surface area contributed by atoms with Crippen molar-refractivity contribution in [2.24, 2.45) is 0 Å². The summed E-state index contributed by atoms with van der Waals surface area (Å²) in [6.45, 7) is 2.05. The summed E-state index contributed by atoms with van der Waals surface area (Å²) in [6.07, 6.45) is 0. The maximum atomic E-state index is 13.5. The van der Waals surface area contributed by atoms with Crippen LogP contribution in [0.5, 0.6) is 0 Å². The first-order chi connectivity index (χ1) is 17.2. The molecule has 6 aromatic rings. The van der Waals surface area contributed by atoms with Gasteiger partial charge in [-0.05, 0) is 35.9 Å².